The average Bonchev–Trinajstić information content (AvgIpc) is 3.79. The molecule has 2 atom stereocenters. The highest BCUT2D eigenvalue weighted by atomic mass is 32.2. The number of benzene rings is 2. The van der Waals surface area contributed by atoms with Gasteiger partial charge in [-0.05, 0) is 60.4 Å². The Kier molecular flexibility index (Phi) is 9.17. The van der Waals surface area contributed by atoms with Crippen LogP contribution in [-0.2, 0) is 41.6 Å². The molecule has 0 radical (unpaired) electrons. The van der Waals surface area contributed by atoms with E-state index >= 15 is 0 Å². The number of epoxide rings is 2. The largest absolute Gasteiger partial charge is 0.491 e. The second kappa shape index (κ2) is 12.5. The topological polar surface area (TPSA) is 96.1 Å². The number of sulfone groups is 1. The van der Waals surface area contributed by atoms with Gasteiger partial charge in [0.05, 0.1) is 42.8 Å². The first kappa shape index (κ1) is 26.4. The molecule has 2 unspecified atom stereocenters. The van der Waals surface area contributed by atoms with Crippen LogP contribution in [0.15, 0.2) is 71.5 Å². The van der Waals surface area contributed by atoms with Gasteiger partial charge in [-0.15, -0.1) is 13.2 Å². The van der Waals surface area contributed by atoms with E-state index in [1.165, 1.54) is 0 Å². The number of allylic oxidation sites excluding steroid dienone is 2. The van der Waals surface area contributed by atoms with E-state index in [0.717, 1.165) is 12.2 Å². The smallest absolute Gasteiger partial charge is 0.206 e. The van der Waals surface area contributed by atoms with E-state index in [4.69, 9.17) is 28.4 Å². The summed E-state index contributed by atoms with van der Waals surface area (Å²) in [5, 5.41) is 0. The summed E-state index contributed by atoms with van der Waals surface area (Å²) in [7, 11) is -3.78. The van der Waals surface area contributed by atoms with Crippen molar-refractivity contribution in [2.24, 2.45) is 0 Å². The molecule has 0 aromatic heterocycles. The van der Waals surface area contributed by atoms with Crippen molar-refractivity contribution < 1.29 is 36.8 Å². The van der Waals surface area contributed by atoms with Crippen LogP contribution in [0.3, 0.4) is 0 Å². The molecule has 2 saturated heterocycles. The molecular formula is C27H32O8S. The van der Waals surface area contributed by atoms with Crippen LogP contribution >= 0.6 is 0 Å². The fraction of sp³-hybridized carbons (Fsp3) is 0.407. The van der Waals surface area contributed by atoms with Gasteiger partial charge in [-0.1, -0.05) is 12.2 Å². The maximum Gasteiger partial charge on any atom is 0.206 e. The first-order valence-electron chi connectivity index (χ1n) is 11.9. The van der Waals surface area contributed by atoms with Gasteiger partial charge in [0, 0.05) is 0 Å². The van der Waals surface area contributed by atoms with Crippen molar-refractivity contribution in [2.45, 2.75) is 34.8 Å². The average molecular weight is 517 g/mol. The zero-order chi connectivity index (χ0) is 25.4. The lowest BCUT2D eigenvalue weighted by Gasteiger charge is -2.15. The van der Waals surface area contributed by atoms with Crippen LogP contribution in [0.1, 0.15) is 11.1 Å². The van der Waals surface area contributed by atoms with Crippen LogP contribution in [0, 0.1) is 0 Å². The van der Waals surface area contributed by atoms with Gasteiger partial charge in [0.1, 0.15) is 30.3 Å². The van der Waals surface area contributed by atoms with Gasteiger partial charge in [-0.3, -0.25) is 0 Å². The van der Waals surface area contributed by atoms with Gasteiger partial charge >= 0.3 is 0 Å². The Morgan fingerprint density at radius 3 is 1.86 bits per heavy atom. The van der Waals surface area contributed by atoms with E-state index in [9.17, 15) is 8.42 Å². The normalized spacial score (nSPS) is 18.4. The second-order valence-electron chi connectivity index (χ2n) is 8.50. The highest BCUT2D eigenvalue weighted by molar-refractivity contribution is 7.91. The summed E-state index contributed by atoms with van der Waals surface area (Å²) in [5.74, 6) is 1.16. The van der Waals surface area contributed by atoms with Gasteiger partial charge in [0.25, 0.3) is 0 Å². The molecule has 2 aromatic carbocycles. The Bertz CT molecular complexity index is 1150. The summed E-state index contributed by atoms with van der Waals surface area (Å²) >= 11 is 0. The zero-order valence-corrected chi connectivity index (χ0v) is 21.0. The molecule has 0 saturated carbocycles. The molecular weight excluding hydrogens is 484 g/mol. The standard InChI is InChI=1S/C27H32O8S/c1-3-5-20-13-24(7-9-26(20)32-12-11-30-15-22-17-33-22)36(28,29)25-8-10-27(21(14-25)6-4-2)35-19-31-16-23-18-34-23/h3-4,7-10,13-14,22-23H,1-2,5-6,11-12,15-19H2. The minimum atomic E-state index is -3.78. The molecule has 8 nitrogen and oxygen atoms in total. The van der Waals surface area contributed by atoms with Gasteiger partial charge in [0.2, 0.25) is 9.84 Å². The maximum absolute atomic E-state index is 13.5. The van der Waals surface area contributed by atoms with Crippen LogP contribution in [0.4, 0.5) is 0 Å². The van der Waals surface area contributed by atoms with E-state index < -0.39 is 9.84 Å². The van der Waals surface area contributed by atoms with E-state index in [1.54, 1.807) is 48.6 Å². The van der Waals surface area contributed by atoms with E-state index in [-0.39, 0.29) is 28.8 Å². The molecule has 4 rings (SSSR count). The third-order valence-electron chi connectivity index (χ3n) is 5.61. The summed E-state index contributed by atoms with van der Waals surface area (Å²) in [5.41, 5.74) is 1.44. The fourth-order valence-electron chi connectivity index (χ4n) is 3.53. The number of rotatable bonds is 17. The minimum absolute atomic E-state index is 0.0574. The molecule has 2 aromatic rings. The highest BCUT2D eigenvalue weighted by Crippen LogP contribution is 2.30. The molecule has 0 amide bonds. The lowest BCUT2D eigenvalue weighted by Crippen LogP contribution is -2.11. The molecule has 0 aliphatic carbocycles. The van der Waals surface area contributed by atoms with Crippen LogP contribution < -0.4 is 9.47 Å². The number of hydrogen-bond donors (Lipinski definition) is 0. The molecule has 0 bridgehead atoms. The van der Waals surface area contributed by atoms with Crippen molar-refractivity contribution in [3.63, 3.8) is 0 Å². The summed E-state index contributed by atoms with van der Waals surface area (Å²) < 4.78 is 59.7. The first-order valence-corrected chi connectivity index (χ1v) is 13.4. The van der Waals surface area contributed by atoms with Crippen molar-refractivity contribution in [2.75, 3.05) is 46.4 Å². The highest BCUT2D eigenvalue weighted by Gasteiger charge is 2.24. The van der Waals surface area contributed by atoms with Crippen LogP contribution in [-0.4, -0.2) is 67.1 Å². The summed E-state index contributed by atoms with van der Waals surface area (Å²) in [6.45, 7) is 10.9. The van der Waals surface area contributed by atoms with Crippen molar-refractivity contribution in [3.8, 4) is 11.5 Å². The number of hydrogen-bond acceptors (Lipinski definition) is 8. The molecule has 2 fully saturated rings. The van der Waals surface area contributed by atoms with Gasteiger partial charge in [-0.25, -0.2) is 8.42 Å². The summed E-state index contributed by atoms with van der Waals surface area (Å²) in [4.78, 5) is 0.354. The lowest BCUT2D eigenvalue weighted by atomic mass is 10.1. The Hall–Kier alpha value is -2.69. The third-order valence-corrected chi connectivity index (χ3v) is 7.36. The van der Waals surface area contributed by atoms with Gasteiger partial charge in [0.15, 0.2) is 6.79 Å². The maximum atomic E-state index is 13.5. The van der Waals surface area contributed by atoms with E-state index in [1.807, 2.05) is 0 Å². The molecule has 36 heavy (non-hydrogen) atoms. The van der Waals surface area contributed by atoms with Crippen LogP contribution in [0.5, 0.6) is 11.5 Å². The lowest BCUT2D eigenvalue weighted by molar-refractivity contribution is 0.00775. The van der Waals surface area contributed by atoms with E-state index in [0.29, 0.717) is 62.9 Å². The Morgan fingerprint density at radius 2 is 1.33 bits per heavy atom. The molecule has 2 heterocycles. The predicted octanol–water partition coefficient (Wildman–Crippen LogP) is 3.52. The number of ether oxygens (including phenoxy) is 6. The molecule has 0 N–H and O–H groups in total. The molecule has 2 aliphatic heterocycles. The van der Waals surface area contributed by atoms with E-state index in [2.05, 4.69) is 13.2 Å². The Balaban J connectivity index is 1.45. The zero-order valence-electron chi connectivity index (χ0n) is 20.2. The Morgan fingerprint density at radius 1 is 0.806 bits per heavy atom. The quantitative estimate of drug-likeness (QED) is 0.136. The minimum Gasteiger partial charge on any atom is -0.491 e. The third kappa shape index (κ3) is 7.41. The van der Waals surface area contributed by atoms with Gasteiger partial charge in [-0.2, -0.15) is 0 Å². The molecule has 194 valence electrons. The second-order valence-corrected chi connectivity index (χ2v) is 10.4. The fourth-order valence-corrected chi connectivity index (χ4v) is 4.89. The van der Waals surface area contributed by atoms with Crippen molar-refractivity contribution in [1.82, 2.24) is 0 Å². The van der Waals surface area contributed by atoms with Crippen molar-refractivity contribution in [1.29, 1.82) is 0 Å². The summed E-state index contributed by atoms with van der Waals surface area (Å²) in [6.07, 6.45) is 4.68. The van der Waals surface area contributed by atoms with Crippen LogP contribution in [0.25, 0.3) is 0 Å². The molecule has 0 spiro atoms. The predicted molar refractivity (Wildman–Crippen MR) is 133 cm³/mol. The van der Waals surface area contributed by atoms with Crippen LogP contribution in [0.2, 0.25) is 0 Å². The molecule has 9 heteroatoms. The SMILES string of the molecule is C=CCc1cc(S(=O)(=O)c2ccc(OCOCC3CO3)c(CC=C)c2)ccc1OCCOCC1CO1. The molecule has 2 aliphatic rings. The van der Waals surface area contributed by atoms with Crippen molar-refractivity contribution in [3.05, 3.63) is 72.8 Å². The Labute approximate surface area is 212 Å². The van der Waals surface area contributed by atoms with Gasteiger partial charge < -0.3 is 28.4 Å². The summed E-state index contributed by atoms with van der Waals surface area (Å²) in [6, 6.07) is 9.68. The first-order chi connectivity index (χ1) is 17.5. The van der Waals surface area contributed by atoms with Crippen molar-refractivity contribution >= 4 is 9.84 Å². The monoisotopic (exact) mass is 516 g/mol.